The van der Waals surface area contributed by atoms with Crippen LogP contribution in [0.3, 0.4) is 0 Å². The zero-order valence-corrected chi connectivity index (χ0v) is 16.3. The Morgan fingerprint density at radius 2 is 1.72 bits per heavy atom. The molecule has 4 nitrogen and oxygen atoms in total. The van der Waals surface area contributed by atoms with E-state index in [1.807, 2.05) is 12.1 Å². The van der Waals surface area contributed by atoms with Crippen molar-refractivity contribution in [2.45, 2.75) is 6.92 Å². The Hall–Kier alpha value is -1.62. The van der Waals surface area contributed by atoms with E-state index in [2.05, 4.69) is 16.8 Å². The quantitative estimate of drug-likeness (QED) is 0.641. The molecule has 0 radical (unpaired) electrons. The third-order valence-electron chi connectivity index (χ3n) is 4.19. The van der Waals surface area contributed by atoms with Crippen LogP contribution in [0.4, 0.5) is 5.69 Å². The number of fused-ring (bicyclic) bond motifs is 1. The minimum atomic E-state index is 0.459. The first-order valence-electron chi connectivity index (χ1n) is 7.71. The highest BCUT2D eigenvalue weighted by Crippen LogP contribution is 2.46. The van der Waals surface area contributed by atoms with E-state index in [9.17, 15) is 0 Å². The molecule has 132 valence electrons. The molecular weight excluding hydrogens is 383 g/mol. The third kappa shape index (κ3) is 3.26. The average Bonchev–Trinajstić information content (AvgIpc) is 2.61. The van der Waals surface area contributed by atoms with Gasteiger partial charge < -0.3 is 14.4 Å². The second-order valence-corrected chi connectivity index (χ2v) is 6.68. The van der Waals surface area contributed by atoms with E-state index in [0.29, 0.717) is 38.8 Å². The minimum Gasteiger partial charge on any atom is -0.495 e. The summed E-state index contributed by atoms with van der Waals surface area (Å²) < 4.78 is 10.7. The summed E-state index contributed by atoms with van der Waals surface area (Å²) in [5.41, 5.74) is 3.67. The lowest BCUT2D eigenvalue weighted by Crippen LogP contribution is -2.28. The molecule has 0 amide bonds. The molecule has 0 saturated heterocycles. The van der Waals surface area contributed by atoms with E-state index in [1.165, 1.54) is 0 Å². The highest BCUT2D eigenvalue weighted by molar-refractivity contribution is 6.40. The maximum Gasteiger partial charge on any atom is 0.141 e. The molecule has 0 spiro atoms. The zero-order chi connectivity index (χ0) is 18.1. The summed E-state index contributed by atoms with van der Waals surface area (Å²) >= 11 is 19.2. The first-order valence-corrected chi connectivity index (χ1v) is 8.84. The van der Waals surface area contributed by atoms with Crippen molar-refractivity contribution < 1.29 is 9.47 Å². The van der Waals surface area contributed by atoms with Gasteiger partial charge >= 0.3 is 0 Å². The van der Waals surface area contributed by atoms with Crippen LogP contribution in [0.2, 0.25) is 15.2 Å². The zero-order valence-electron chi connectivity index (χ0n) is 14.1. The molecule has 2 heterocycles. The number of hydrogen-bond donors (Lipinski definition) is 0. The molecule has 0 atom stereocenters. The van der Waals surface area contributed by atoms with Gasteiger partial charge in [0.2, 0.25) is 0 Å². The van der Waals surface area contributed by atoms with Crippen molar-refractivity contribution in [3.8, 4) is 11.5 Å². The summed E-state index contributed by atoms with van der Waals surface area (Å²) in [6.45, 7) is 3.52. The molecule has 0 aliphatic carbocycles. The monoisotopic (exact) mass is 398 g/mol. The number of benzene rings is 1. The predicted molar refractivity (Wildman–Crippen MR) is 105 cm³/mol. The van der Waals surface area contributed by atoms with E-state index in [0.717, 1.165) is 23.4 Å². The van der Waals surface area contributed by atoms with Gasteiger partial charge in [0, 0.05) is 42.2 Å². The lowest BCUT2D eigenvalue weighted by Gasteiger charge is -2.31. The number of halogens is 3. The molecule has 7 heteroatoms. The van der Waals surface area contributed by atoms with E-state index < -0.39 is 0 Å². The second-order valence-electron chi connectivity index (χ2n) is 5.53. The Bertz CT molecular complexity index is 824. The number of anilines is 1. The summed E-state index contributed by atoms with van der Waals surface area (Å²) in [6.07, 6.45) is 3.77. The number of methoxy groups -OCH3 is 2. The number of aromatic nitrogens is 1. The van der Waals surface area contributed by atoms with Crippen molar-refractivity contribution in [1.82, 2.24) is 4.98 Å². The largest absolute Gasteiger partial charge is 0.495 e. The predicted octanol–water partition coefficient (Wildman–Crippen LogP) is 5.44. The Morgan fingerprint density at radius 3 is 2.28 bits per heavy atom. The topological polar surface area (TPSA) is 34.6 Å². The van der Waals surface area contributed by atoms with Gasteiger partial charge in [0.05, 0.1) is 24.3 Å². The number of hydrogen-bond acceptors (Lipinski definition) is 4. The maximum absolute atomic E-state index is 6.56. The van der Waals surface area contributed by atoms with Crippen LogP contribution in [0, 0.1) is 0 Å². The Morgan fingerprint density at radius 1 is 1.08 bits per heavy atom. The molecule has 1 aromatic heterocycles. The van der Waals surface area contributed by atoms with Crippen LogP contribution in [-0.2, 0) is 0 Å². The molecule has 0 bridgehead atoms. The molecule has 0 unspecified atom stereocenters. The standard InChI is InChI=1S/C18H17Cl3N2O2/c1-4-23-9-11(5-10-8-22-15(19)6-12(10)23)16-17(20)13(24-2)7-14(25-3)18(16)21/h5-8H,4,9H2,1-3H3. The second kappa shape index (κ2) is 7.32. The number of pyridine rings is 1. The van der Waals surface area contributed by atoms with Gasteiger partial charge in [0.15, 0.2) is 0 Å². The van der Waals surface area contributed by atoms with Crippen LogP contribution in [0.15, 0.2) is 18.3 Å². The van der Waals surface area contributed by atoms with Gasteiger partial charge in [-0.15, -0.1) is 0 Å². The van der Waals surface area contributed by atoms with Gasteiger partial charge in [-0.25, -0.2) is 4.98 Å². The van der Waals surface area contributed by atoms with Crippen molar-refractivity contribution in [1.29, 1.82) is 0 Å². The molecule has 1 aromatic carbocycles. The Kier molecular flexibility index (Phi) is 5.32. The maximum atomic E-state index is 6.56. The van der Waals surface area contributed by atoms with E-state index in [-0.39, 0.29) is 0 Å². The SMILES string of the molecule is CCN1CC(c2c(Cl)c(OC)cc(OC)c2Cl)=Cc2cnc(Cl)cc21. The van der Waals surface area contributed by atoms with Crippen LogP contribution in [-0.4, -0.2) is 32.3 Å². The van der Waals surface area contributed by atoms with Gasteiger partial charge in [-0.1, -0.05) is 34.8 Å². The molecule has 3 rings (SSSR count). The van der Waals surface area contributed by atoms with Crippen molar-refractivity contribution in [3.63, 3.8) is 0 Å². The van der Waals surface area contributed by atoms with Gasteiger partial charge in [-0.3, -0.25) is 0 Å². The molecule has 2 aromatic rings. The average molecular weight is 400 g/mol. The molecule has 25 heavy (non-hydrogen) atoms. The normalized spacial score (nSPS) is 13.4. The lowest BCUT2D eigenvalue weighted by atomic mass is 9.97. The Balaban J connectivity index is 2.21. The van der Waals surface area contributed by atoms with Crippen LogP contribution >= 0.6 is 34.8 Å². The van der Waals surface area contributed by atoms with Gasteiger partial charge in [-0.05, 0) is 24.6 Å². The van der Waals surface area contributed by atoms with Crippen molar-refractivity contribution in [2.75, 3.05) is 32.2 Å². The summed E-state index contributed by atoms with van der Waals surface area (Å²) in [5, 5.41) is 1.38. The van der Waals surface area contributed by atoms with Crippen LogP contribution in [0.1, 0.15) is 18.1 Å². The molecule has 0 fully saturated rings. The van der Waals surface area contributed by atoms with Crippen LogP contribution < -0.4 is 14.4 Å². The fraction of sp³-hybridized carbons (Fsp3) is 0.278. The number of ether oxygens (including phenoxy) is 2. The van der Waals surface area contributed by atoms with Gasteiger partial charge in [-0.2, -0.15) is 0 Å². The van der Waals surface area contributed by atoms with E-state index in [1.54, 1.807) is 26.5 Å². The van der Waals surface area contributed by atoms with Crippen molar-refractivity contribution >= 4 is 52.1 Å². The van der Waals surface area contributed by atoms with Crippen LogP contribution in [0.5, 0.6) is 11.5 Å². The van der Waals surface area contributed by atoms with Gasteiger partial charge in [0.25, 0.3) is 0 Å². The summed E-state index contributed by atoms with van der Waals surface area (Å²) in [7, 11) is 3.13. The fourth-order valence-corrected chi connectivity index (χ4v) is 3.84. The first kappa shape index (κ1) is 18.2. The number of rotatable bonds is 4. The summed E-state index contributed by atoms with van der Waals surface area (Å²) in [4.78, 5) is 6.37. The molecular formula is C18H17Cl3N2O2. The van der Waals surface area contributed by atoms with Crippen molar-refractivity contribution in [2.24, 2.45) is 0 Å². The highest BCUT2D eigenvalue weighted by atomic mass is 35.5. The van der Waals surface area contributed by atoms with E-state index in [4.69, 9.17) is 44.3 Å². The number of likely N-dealkylation sites (N-methyl/N-ethyl adjacent to an activating group) is 1. The molecule has 0 N–H and O–H groups in total. The fourth-order valence-electron chi connectivity index (χ4n) is 2.94. The molecule has 1 aliphatic rings. The van der Waals surface area contributed by atoms with E-state index >= 15 is 0 Å². The minimum absolute atomic E-state index is 0.459. The first-order chi connectivity index (χ1) is 12.0. The highest BCUT2D eigenvalue weighted by Gasteiger charge is 2.25. The summed E-state index contributed by atoms with van der Waals surface area (Å²) in [6, 6.07) is 3.55. The summed E-state index contributed by atoms with van der Waals surface area (Å²) in [5.74, 6) is 1.03. The lowest BCUT2D eigenvalue weighted by molar-refractivity contribution is 0.394. The van der Waals surface area contributed by atoms with Crippen molar-refractivity contribution in [3.05, 3.63) is 44.7 Å². The molecule has 1 aliphatic heterocycles. The smallest absolute Gasteiger partial charge is 0.141 e. The molecule has 0 saturated carbocycles. The Labute approximate surface area is 161 Å². The van der Waals surface area contributed by atoms with Crippen LogP contribution in [0.25, 0.3) is 11.6 Å². The number of nitrogens with zero attached hydrogens (tertiary/aromatic N) is 2. The van der Waals surface area contributed by atoms with Gasteiger partial charge in [0.1, 0.15) is 16.7 Å². The third-order valence-corrected chi connectivity index (χ3v) is 5.14.